The van der Waals surface area contributed by atoms with Crippen molar-refractivity contribution < 1.29 is 5.11 Å². The fourth-order valence-corrected chi connectivity index (χ4v) is 1.89. The van der Waals surface area contributed by atoms with E-state index < -0.39 is 0 Å². The summed E-state index contributed by atoms with van der Waals surface area (Å²) >= 11 is 0. The molecule has 1 N–H and O–H groups in total. The van der Waals surface area contributed by atoms with Crippen molar-refractivity contribution in [1.29, 1.82) is 0 Å². The number of benzene rings is 1. The average molecular weight is 244 g/mol. The summed E-state index contributed by atoms with van der Waals surface area (Å²) in [5, 5.41) is 8.76. The standard InChI is InChI=1S/C17H24O/c1-15(7-6-8-16(2)13-14-18)11-12-17-9-4-3-5-10-17/h3-5,7,9-10,13,18H,6,8,11-12,14H2,1-2H3/b15-7+,16-13+. The zero-order valence-electron chi connectivity index (χ0n) is 11.5. The Labute approximate surface area is 111 Å². The topological polar surface area (TPSA) is 20.2 Å². The lowest BCUT2D eigenvalue weighted by Crippen LogP contribution is -1.87. The van der Waals surface area contributed by atoms with Gasteiger partial charge in [0.25, 0.3) is 0 Å². The van der Waals surface area contributed by atoms with E-state index in [4.69, 9.17) is 5.11 Å². The van der Waals surface area contributed by atoms with Crippen LogP contribution in [-0.2, 0) is 6.42 Å². The summed E-state index contributed by atoms with van der Waals surface area (Å²) in [5.74, 6) is 0. The number of rotatable bonds is 7. The summed E-state index contributed by atoms with van der Waals surface area (Å²) in [6.45, 7) is 4.43. The molecular weight excluding hydrogens is 220 g/mol. The van der Waals surface area contributed by atoms with E-state index in [-0.39, 0.29) is 6.61 Å². The van der Waals surface area contributed by atoms with Gasteiger partial charge in [-0.25, -0.2) is 0 Å². The van der Waals surface area contributed by atoms with Crippen molar-refractivity contribution in [2.24, 2.45) is 0 Å². The molecule has 1 aromatic carbocycles. The average Bonchev–Trinajstić information content (AvgIpc) is 2.38. The van der Waals surface area contributed by atoms with E-state index in [0.717, 1.165) is 25.7 Å². The molecule has 98 valence electrons. The quantitative estimate of drug-likeness (QED) is 0.710. The monoisotopic (exact) mass is 244 g/mol. The predicted molar refractivity (Wildman–Crippen MR) is 78.6 cm³/mol. The largest absolute Gasteiger partial charge is 0.392 e. The third-order valence-corrected chi connectivity index (χ3v) is 3.12. The fraction of sp³-hybridized carbons (Fsp3) is 0.412. The molecule has 1 nitrogen and oxygen atoms in total. The number of hydrogen-bond acceptors (Lipinski definition) is 1. The van der Waals surface area contributed by atoms with E-state index in [0.29, 0.717) is 0 Å². The van der Waals surface area contributed by atoms with Gasteiger partial charge in [-0.1, -0.05) is 53.6 Å². The van der Waals surface area contributed by atoms with Gasteiger partial charge in [0.05, 0.1) is 6.61 Å². The number of aliphatic hydroxyl groups excluding tert-OH is 1. The number of aryl methyl sites for hydroxylation is 1. The van der Waals surface area contributed by atoms with E-state index in [9.17, 15) is 0 Å². The highest BCUT2D eigenvalue weighted by atomic mass is 16.2. The van der Waals surface area contributed by atoms with E-state index in [2.05, 4.69) is 50.3 Å². The van der Waals surface area contributed by atoms with Gasteiger partial charge in [-0.2, -0.15) is 0 Å². The van der Waals surface area contributed by atoms with Crippen LogP contribution in [0.2, 0.25) is 0 Å². The van der Waals surface area contributed by atoms with Crippen molar-refractivity contribution >= 4 is 0 Å². The summed E-state index contributed by atoms with van der Waals surface area (Å²) in [6, 6.07) is 10.6. The van der Waals surface area contributed by atoms with Crippen molar-refractivity contribution in [3.05, 3.63) is 59.2 Å². The molecule has 0 aliphatic rings. The molecule has 0 spiro atoms. The number of aliphatic hydroxyl groups is 1. The minimum atomic E-state index is 0.155. The normalized spacial score (nSPS) is 12.8. The van der Waals surface area contributed by atoms with Gasteiger partial charge in [0.15, 0.2) is 0 Å². The molecule has 0 aliphatic carbocycles. The van der Waals surface area contributed by atoms with Gasteiger partial charge in [0.2, 0.25) is 0 Å². The molecule has 0 atom stereocenters. The Hall–Kier alpha value is -1.34. The Morgan fingerprint density at radius 3 is 2.33 bits per heavy atom. The van der Waals surface area contributed by atoms with Crippen molar-refractivity contribution in [1.82, 2.24) is 0 Å². The summed E-state index contributed by atoms with van der Waals surface area (Å²) in [5.41, 5.74) is 4.13. The van der Waals surface area contributed by atoms with E-state index in [1.165, 1.54) is 16.7 Å². The van der Waals surface area contributed by atoms with Crippen LogP contribution in [0.25, 0.3) is 0 Å². The van der Waals surface area contributed by atoms with Crippen molar-refractivity contribution in [3.8, 4) is 0 Å². The third-order valence-electron chi connectivity index (χ3n) is 3.12. The molecule has 0 bridgehead atoms. The molecule has 18 heavy (non-hydrogen) atoms. The van der Waals surface area contributed by atoms with Gasteiger partial charge in [0.1, 0.15) is 0 Å². The summed E-state index contributed by atoms with van der Waals surface area (Å²) < 4.78 is 0. The van der Waals surface area contributed by atoms with Gasteiger partial charge in [-0.05, 0) is 45.1 Å². The smallest absolute Gasteiger partial charge is 0.0614 e. The molecular formula is C17H24O. The van der Waals surface area contributed by atoms with Crippen LogP contribution in [0.4, 0.5) is 0 Å². The lowest BCUT2D eigenvalue weighted by atomic mass is 10.0. The maximum Gasteiger partial charge on any atom is 0.0614 e. The maximum atomic E-state index is 8.76. The number of allylic oxidation sites excluding steroid dienone is 3. The number of hydrogen-bond donors (Lipinski definition) is 1. The summed E-state index contributed by atoms with van der Waals surface area (Å²) in [6.07, 6.45) is 8.57. The maximum absolute atomic E-state index is 8.76. The second kappa shape index (κ2) is 8.71. The zero-order chi connectivity index (χ0) is 13.2. The molecule has 0 amide bonds. The SMILES string of the molecule is C/C(=C\CO)CC/C=C(\C)CCc1ccccc1. The Balaban J connectivity index is 2.28. The second-order valence-electron chi connectivity index (χ2n) is 4.81. The molecule has 0 radical (unpaired) electrons. The molecule has 0 heterocycles. The first-order valence-electron chi connectivity index (χ1n) is 6.68. The van der Waals surface area contributed by atoms with Crippen molar-refractivity contribution in [2.75, 3.05) is 6.61 Å². The minimum absolute atomic E-state index is 0.155. The molecule has 1 rings (SSSR count). The minimum Gasteiger partial charge on any atom is -0.392 e. The van der Waals surface area contributed by atoms with Crippen LogP contribution in [0.5, 0.6) is 0 Å². The molecule has 1 aromatic rings. The van der Waals surface area contributed by atoms with Crippen LogP contribution in [-0.4, -0.2) is 11.7 Å². The molecule has 1 heteroatoms. The van der Waals surface area contributed by atoms with Crippen LogP contribution < -0.4 is 0 Å². The highest BCUT2D eigenvalue weighted by Gasteiger charge is 1.94. The van der Waals surface area contributed by atoms with Crippen molar-refractivity contribution in [3.63, 3.8) is 0 Å². The van der Waals surface area contributed by atoms with Crippen LogP contribution in [0.3, 0.4) is 0 Å². The lowest BCUT2D eigenvalue weighted by Gasteiger charge is -2.03. The van der Waals surface area contributed by atoms with Crippen LogP contribution >= 0.6 is 0 Å². The van der Waals surface area contributed by atoms with Crippen LogP contribution in [0.15, 0.2) is 53.6 Å². The van der Waals surface area contributed by atoms with Gasteiger partial charge in [-0.15, -0.1) is 0 Å². The van der Waals surface area contributed by atoms with Gasteiger partial charge < -0.3 is 5.11 Å². The second-order valence-corrected chi connectivity index (χ2v) is 4.81. The van der Waals surface area contributed by atoms with Gasteiger partial charge in [-0.3, -0.25) is 0 Å². The molecule has 0 saturated heterocycles. The Kier molecular flexibility index (Phi) is 7.12. The fourth-order valence-electron chi connectivity index (χ4n) is 1.89. The Morgan fingerprint density at radius 1 is 1.00 bits per heavy atom. The predicted octanol–water partition coefficient (Wildman–Crippen LogP) is 4.28. The lowest BCUT2D eigenvalue weighted by molar-refractivity contribution is 0.341. The van der Waals surface area contributed by atoms with Gasteiger partial charge in [0, 0.05) is 0 Å². The van der Waals surface area contributed by atoms with Crippen molar-refractivity contribution in [2.45, 2.75) is 39.5 Å². The molecule has 0 saturated carbocycles. The summed E-state index contributed by atoms with van der Waals surface area (Å²) in [7, 11) is 0. The van der Waals surface area contributed by atoms with Gasteiger partial charge >= 0.3 is 0 Å². The first-order chi connectivity index (χ1) is 8.72. The Morgan fingerprint density at radius 2 is 1.67 bits per heavy atom. The Bertz CT molecular complexity index is 387. The molecule has 0 fully saturated rings. The van der Waals surface area contributed by atoms with E-state index in [1.54, 1.807) is 0 Å². The first-order valence-corrected chi connectivity index (χ1v) is 6.68. The highest BCUT2D eigenvalue weighted by molar-refractivity contribution is 5.16. The highest BCUT2D eigenvalue weighted by Crippen LogP contribution is 2.11. The summed E-state index contributed by atoms with van der Waals surface area (Å²) in [4.78, 5) is 0. The third kappa shape index (κ3) is 6.41. The van der Waals surface area contributed by atoms with E-state index in [1.807, 2.05) is 6.08 Å². The van der Waals surface area contributed by atoms with Crippen LogP contribution in [0.1, 0.15) is 38.7 Å². The zero-order valence-corrected chi connectivity index (χ0v) is 11.5. The molecule has 0 aliphatic heterocycles. The van der Waals surface area contributed by atoms with E-state index >= 15 is 0 Å². The van der Waals surface area contributed by atoms with Crippen LogP contribution in [0, 0.1) is 0 Å². The molecule has 0 aromatic heterocycles. The molecule has 0 unspecified atom stereocenters. The first kappa shape index (κ1) is 14.7.